The maximum atomic E-state index is 11.5. The van der Waals surface area contributed by atoms with Crippen molar-refractivity contribution in [2.45, 2.75) is 26.7 Å². The number of ether oxygens (including phenoxy) is 1. The smallest absolute Gasteiger partial charge is 0.170 e. The number of carbonyl (C=O) groups excluding carboxylic acids is 1. The zero-order chi connectivity index (χ0) is 12.0. The lowest BCUT2D eigenvalue weighted by atomic mass is 10.0. The van der Waals surface area contributed by atoms with Crippen LogP contribution in [0.1, 0.15) is 26.7 Å². The van der Waals surface area contributed by atoms with Gasteiger partial charge in [-0.2, -0.15) is 0 Å². The molecule has 0 spiro atoms. The van der Waals surface area contributed by atoms with Crippen LogP contribution >= 0.6 is 11.6 Å². The maximum absolute atomic E-state index is 11.5. The van der Waals surface area contributed by atoms with E-state index in [0.717, 1.165) is 6.42 Å². The van der Waals surface area contributed by atoms with E-state index in [4.69, 9.17) is 16.3 Å². The summed E-state index contributed by atoms with van der Waals surface area (Å²) >= 11 is 5.74. The molecule has 0 N–H and O–H groups in total. The minimum atomic E-state index is 0.143. The van der Waals surface area contributed by atoms with E-state index in [-0.39, 0.29) is 12.4 Å². The summed E-state index contributed by atoms with van der Waals surface area (Å²) in [6, 6.07) is 7.02. The van der Waals surface area contributed by atoms with Crippen molar-refractivity contribution in [1.82, 2.24) is 0 Å². The lowest BCUT2D eigenvalue weighted by molar-refractivity contribution is -0.121. The topological polar surface area (TPSA) is 26.3 Å². The normalized spacial score (nSPS) is 12.2. The van der Waals surface area contributed by atoms with Crippen molar-refractivity contribution in [2.75, 3.05) is 6.61 Å². The van der Waals surface area contributed by atoms with Crippen molar-refractivity contribution < 1.29 is 9.53 Å². The van der Waals surface area contributed by atoms with E-state index < -0.39 is 0 Å². The summed E-state index contributed by atoms with van der Waals surface area (Å²) in [7, 11) is 0. The molecule has 0 aliphatic rings. The first-order valence-electron chi connectivity index (χ1n) is 5.52. The van der Waals surface area contributed by atoms with Gasteiger partial charge in [-0.1, -0.05) is 31.9 Å². The van der Waals surface area contributed by atoms with Gasteiger partial charge in [0.05, 0.1) is 0 Å². The quantitative estimate of drug-likeness (QED) is 0.758. The van der Waals surface area contributed by atoms with Crippen LogP contribution < -0.4 is 4.74 Å². The number of halogens is 1. The highest BCUT2D eigenvalue weighted by atomic mass is 35.5. The molecule has 16 heavy (non-hydrogen) atoms. The fourth-order valence-corrected chi connectivity index (χ4v) is 1.41. The van der Waals surface area contributed by atoms with E-state index in [0.29, 0.717) is 23.1 Å². The largest absolute Gasteiger partial charge is 0.486 e. The summed E-state index contributed by atoms with van der Waals surface area (Å²) in [5.41, 5.74) is 0. The Kier molecular flexibility index (Phi) is 5.33. The first-order chi connectivity index (χ1) is 7.61. The molecule has 0 radical (unpaired) electrons. The van der Waals surface area contributed by atoms with Crippen LogP contribution in [0.15, 0.2) is 24.3 Å². The molecule has 2 nitrogen and oxygen atoms in total. The molecule has 0 aliphatic carbocycles. The first kappa shape index (κ1) is 13.0. The van der Waals surface area contributed by atoms with Crippen molar-refractivity contribution in [3.05, 3.63) is 29.3 Å². The Morgan fingerprint density at radius 3 is 2.56 bits per heavy atom. The fourth-order valence-electron chi connectivity index (χ4n) is 1.29. The van der Waals surface area contributed by atoms with Gasteiger partial charge in [-0.25, -0.2) is 0 Å². The van der Waals surface area contributed by atoms with Crippen molar-refractivity contribution in [2.24, 2.45) is 5.92 Å². The van der Waals surface area contributed by atoms with Gasteiger partial charge in [-0.05, 0) is 30.2 Å². The zero-order valence-corrected chi connectivity index (χ0v) is 10.5. The number of carbonyl (C=O) groups is 1. The molecule has 1 aromatic carbocycles. The highest BCUT2D eigenvalue weighted by molar-refractivity contribution is 6.30. The van der Waals surface area contributed by atoms with Gasteiger partial charge in [0.1, 0.15) is 12.4 Å². The third-order valence-electron chi connectivity index (χ3n) is 2.49. The molecule has 0 aromatic heterocycles. The average molecular weight is 241 g/mol. The zero-order valence-electron chi connectivity index (χ0n) is 9.70. The first-order valence-corrected chi connectivity index (χ1v) is 5.89. The molecule has 0 saturated carbocycles. The van der Waals surface area contributed by atoms with Crippen LogP contribution in [-0.2, 0) is 4.79 Å². The van der Waals surface area contributed by atoms with E-state index in [1.54, 1.807) is 24.3 Å². The molecular formula is C13H17ClO2. The van der Waals surface area contributed by atoms with Crippen LogP contribution in [0.5, 0.6) is 5.75 Å². The van der Waals surface area contributed by atoms with Gasteiger partial charge in [0.15, 0.2) is 5.78 Å². The van der Waals surface area contributed by atoms with Crippen molar-refractivity contribution in [3.63, 3.8) is 0 Å². The molecule has 0 fully saturated rings. The minimum absolute atomic E-state index is 0.143. The minimum Gasteiger partial charge on any atom is -0.486 e. The second-order valence-corrected chi connectivity index (χ2v) is 4.44. The molecular weight excluding hydrogens is 224 g/mol. The number of ketones is 1. The summed E-state index contributed by atoms with van der Waals surface area (Å²) in [4.78, 5) is 11.5. The Bertz CT molecular complexity index is 332. The van der Waals surface area contributed by atoms with Crippen LogP contribution in [0.3, 0.4) is 0 Å². The van der Waals surface area contributed by atoms with E-state index in [9.17, 15) is 4.79 Å². The highest BCUT2D eigenvalue weighted by Gasteiger charge is 2.08. The van der Waals surface area contributed by atoms with E-state index in [1.165, 1.54) is 0 Å². The lowest BCUT2D eigenvalue weighted by Gasteiger charge is -2.08. The summed E-state index contributed by atoms with van der Waals surface area (Å²) < 4.78 is 5.36. The van der Waals surface area contributed by atoms with Crippen LogP contribution in [0.25, 0.3) is 0 Å². The van der Waals surface area contributed by atoms with Gasteiger partial charge >= 0.3 is 0 Å². The number of hydrogen-bond donors (Lipinski definition) is 0. The molecule has 1 unspecified atom stereocenters. The molecule has 3 heteroatoms. The van der Waals surface area contributed by atoms with Crippen LogP contribution in [0.4, 0.5) is 0 Å². The Morgan fingerprint density at radius 1 is 1.38 bits per heavy atom. The predicted molar refractivity (Wildman–Crippen MR) is 66.0 cm³/mol. The molecule has 0 aliphatic heterocycles. The molecule has 0 heterocycles. The van der Waals surface area contributed by atoms with Crippen LogP contribution in [0.2, 0.25) is 5.02 Å². The summed E-state index contributed by atoms with van der Waals surface area (Å²) in [6.07, 6.45) is 1.61. The molecule has 1 atom stereocenters. The molecule has 0 saturated heterocycles. The second kappa shape index (κ2) is 6.54. The van der Waals surface area contributed by atoms with E-state index >= 15 is 0 Å². The Hall–Kier alpha value is -1.02. The van der Waals surface area contributed by atoms with Crippen molar-refractivity contribution in [1.29, 1.82) is 0 Å². The molecule has 1 aromatic rings. The number of benzene rings is 1. The average Bonchev–Trinajstić information content (AvgIpc) is 2.28. The molecule has 1 rings (SSSR count). The molecule has 0 bridgehead atoms. The lowest BCUT2D eigenvalue weighted by Crippen LogP contribution is -2.14. The van der Waals surface area contributed by atoms with Gasteiger partial charge in [0.25, 0.3) is 0 Å². The highest BCUT2D eigenvalue weighted by Crippen LogP contribution is 2.16. The Labute approximate surface area is 102 Å². The van der Waals surface area contributed by atoms with Gasteiger partial charge in [-0.15, -0.1) is 0 Å². The number of Topliss-reactive ketones (excluding diaryl/α,β-unsaturated/α-hetero) is 1. The van der Waals surface area contributed by atoms with Crippen molar-refractivity contribution >= 4 is 17.4 Å². The van der Waals surface area contributed by atoms with Gasteiger partial charge in [0, 0.05) is 11.4 Å². The third kappa shape index (κ3) is 4.67. The van der Waals surface area contributed by atoms with Crippen molar-refractivity contribution in [3.8, 4) is 5.75 Å². The third-order valence-corrected chi connectivity index (χ3v) is 2.74. The van der Waals surface area contributed by atoms with Crippen LogP contribution in [0, 0.1) is 5.92 Å². The van der Waals surface area contributed by atoms with Gasteiger partial charge in [-0.3, -0.25) is 4.79 Å². The van der Waals surface area contributed by atoms with Crippen LogP contribution in [-0.4, -0.2) is 12.4 Å². The van der Waals surface area contributed by atoms with E-state index in [1.807, 2.05) is 0 Å². The van der Waals surface area contributed by atoms with E-state index in [2.05, 4.69) is 13.8 Å². The fraction of sp³-hybridized carbons (Fsp3) is 0.462. The maximum Gasteiger partial charge on any atom is 0.170 e. The monoisotopic (exact) mass is 240 g/mol. The SMILES string of the molecule is CCC(C)CC(=O)COc1ccc(Cl)cc1. The summed E-state index contributed by atoms with van der Waals surface area (Å²) in [5.74, 6) is 1.26. The number of hydrogen-bond acceptors (Lipinski definition) is 2. The van der Waals surface area contributed by atoms with Gasteiger partial charge < -0.3 is 4.74 Å². The predicted octanol–water partition coefficient (Wildman–Crippen LogP) is 3.72. The second-order valence-electron chi connectivity index (χ2n) is 4.00. The standard InChI is InChI=1S/C13H17ClO2/c1-3-10(2)8-12(15)9-16-13-6-4-11(14)5-7-13/h4-7,10H,3,8-9H2,1-2H3. The summed E-state index contributed by atoms with van der Waals surface area (Å²) in [5, 5.41) is 0.665. The summed E-state index contributed by atoms with van der Waals surface area (Å²) in [6.45, 7) is 4.30. The molecule has 0 amide bonds. The Balaban J connectivity index is 2.34. The van der Waals surface area contributed by atoms with Gasteiger partial charge in [0.2, 0.25) is 0 Å². The Morgan fingerprint density at radius 2 is 2.00 bits per heavy atom. The molecule has 88 valence electrons. The number of rotatable bonds is 6.